The summed E-state index contributed by atoms with van der Waals surface area (Å²) in [4.78, 5) is 22.7. The van der Waals surface area contributed by atoms with Crippen molar-refractivity contribution in [3.8, 4) is 0 Å². The second-order valence-corrected chi connectivity index (χ2v) is 10.5. The van der Waals surface area contributed by atoms with E-state index in [0.717, 1.165) is 16.6 Å². The van der Waals surface area contributed by atoms with Gasteiger partial charge in [-0.25, -0.2) is 8.42 Å². The van der Waals surface area contributed by atoms with Crippen LogP contribution in [0, 0.1) is 10.1 Å². The highest BCUT2D eigenvalue weighted by Gasteiger charge is 2.29. The predicted octanol–water partition coefficient (Wildman–Crippen LogP) is 2.40. The van der Waals surface area contributed by atoms with Crippen LogP contribution in [0.15, 0.2) is 24.3 Å². The van der Waals surface area contributed by atoms with Crippen LogP contribution in [0.3, 0.4) is 0 Å². The number of nitrogens with zero attached hydrogens (tertiary/aromatic N) is 2. The van der Waals surface area contributed by atoms with Crippen LogP contribution < -0.4 is 9.62 Å². The van der Waals surface area contributed by atoms with Gasteiger partial charge in [0.2, 0.25) is 15.9 Å². The summed E-state index contributed by atoms with van der Waals surface area (Å²) < 4.78 is 25.3. The number of nitrogens with one attached hydrogen (secondary N) is 1. The van der Waals surface area contributed by atoms with Crippen molar-refractivity contribution in [2.24, 2.45) is 0 Å². The number of thioether (sulfide) groups is 1. The van der Waals surface area contributed by atoms with Gasteiger partial charge in [-0.2, -0.15) is 11.8 Å². The number of sulfonamides is 1. The molecule has 1 atom stereocenters. The minimum absolute atomic E-state index is 0.0676. The van der Waals surface area contributed by atoms with E-state index in [1.54, 1.807) is 11.8 Å². The molecule has 1 aromatic rings. The normalized spacial score (nSPS) is 13.1. The summed E-state index contributed by atoms with van der Waals surface area (Å²) in [6.07, 6.45) is 0.963. The van der Waals surface area contributed by atoms with Crippen molar-refractivity contribution in [2.45, 2.75) is 38.5 Å². The van der Waals surface area contributed by atoms with Crippen LogP contribution in [-0.2, 0) is 14.8 Å². The Morgan fingerprint density at radius 2 is 2.00 bits per heavy atom. The third-order valence-electron chi connectivity index (χ3n) is 3.32. The number of nitro groups is 1. The molecule has 0 saturated heterocycles. The van der Waals surface area contributed by atoms with Crippen molar-refractivity contribution >= 4 is 39.1 Å². The number of amides is 1. The molecule has 1 rings (SSSR count). The number of anilines is 1. The quantitative estimate of drug-likeness (QED) is 0.405. The molecule has 0 saturated carbocycles. The highest BCUT2D eigenvalue weighted by molar-refractivity contribution is 8.00. The molecule has 0 aliphatic rings. The van der Waals surface area contributed by atoms with E-state index in [2.05, 4.69) is 26.1 Å². The highest BCUT2D eigenvalue weighted by atomic mass is 32.2. The molecule has 1 aromatic carbocycles. The van der Waals surface area contributed by atoms with Crippen molar-refractivity contribution in [1.82, 2.24) is 5.32 Å². The van der Waals surface area contributed by atoms with Gasteiger partial charge in [-0.3, -0.25) is 19.2 Å². The number of hydrogen-bond acceptors (Lipinski definition) is 6. The van der Waals surface area contributed by atoms with Crippen molar-refractivity contribution in [3.63, 3.8) is 0 Å². The summed E-state index contributed by atoms with van der Waals surface area (Å²) in [5.41, 5.74) is -0.168. The van der Waals surface area contributed by atoms with Crippen molar-refractivity contribution < 1.29 is 18.1 Å². The molecule has 0 aliphatic carbocycles. The Balaban J connectivity index is 2.95. The SMILES string of the molecule is C[C@H](C(=O)NCCSC(C)(C)C)N(c1cccc([N+](=O)[O-])c1)S(C)(=O)=O. The second kappa shape index (κ2) is 8.72. The molecule has 0 radical (unpaired) electrons. The number of carbonyl (C=O) groups is 1. The Hall–Kier alpha value is -1.81. The molecule has 10 heteroatoms. The Morgan fingerprint density at radius 3 is 2.50 bits per heavy atom. The lowest BCUT2D eigenvalue weighted by molar-refractivity contribution is -0.384. The molecule has 0 aliphatic heterocycles. The van der Waals surface area contributed by atoms with E-state index in [4.69, 9.17) is 0 Å². The number of non-ortho nitro benzene ring substituents is 1. The molecule has 1 amide bonds. The van der Waals surface area contributed by atoms with E-state index in [1.165, 1.54) is 25.1 Å². The van der Waals surface area contributed by atoms with Crippen LogP contribution in [0.5, 0.6) is 0 Å². The smallest absolute Gasteiger partial charge is 0.271 e. The van der Waals surface area contributed by atoms with E-state index >= 15 is 0 Å². The van der Waals surface area contributed by atoms with Gasteiger partial charge in [0.25, 0.3) is 5.69 Å². The largest absolute Gasteiger partial charge is 0.353 e. The number of benzene rings is 1. The summed E-state index contributed by atoms with van der Waals surface area (Å²) in [6.45, 7) is 8.05. The zero-order chi connectivity index (χ0) is 20.1. The van der Waals surface area contributed by atoms with E-state index in [9.17, 15) is 23.3 Å². The maximum Gasteiger partial charge on any atom is 0.271 e. The lowest BCUT2D eigenvalue weighted by Crippen LogP contribution is -2.48. The Kier molecular flexibility index (Phi) is 7.45. The van der Waals surface area contributed by atoms with Crippen LogP contribution in [-0.4, -0.2) is 48.6 Å². The zero-order valence-corrected chi connectivity index (χ0v) is 17.2. The molecule has 0 spiro atoms. The van der Waals surface area contributed by atoms with Gasteiger partial charge in [-0.15, -0.1) is 0 Å². The van der Waals surface area contributed by atoms with Crippen LogP contribution in [0.4, 0.5) is 11.4 Å². The van der Waals surface area contributed by atoms with Gasteiger partial charge in [0.15, 0.2) is 0 Å². The maximum atomic E-state index is 12.4. The average molecular weight is 404 g/mol. The number of hydrogen-bond donors (Lipinski definition) is 1. The molecular formula is C16H25N3O5S2. The van der Waals surface area contributed by atoms with Crippen LogP contribution >= 0.6 is 11.8 Å². The van der Waals surface area contributed by atoms with E-state index in [0.29, 0.717) is 12.3 Å². The highest BCUT2D eigenvalue weighted by Crippen LogP contribution is 2.25. The molecule has 146 valence electrons. The summed E-state index contributed by atoms with van der Waals surface area (Å²) in [5, 5.41) is 13.7. The Labute approximate surface area is 158 Å². The van der Waals surface area contributed by atoms with Gasteiger partial charge in [-0.05, 0) is 13.0 Å². The van der Waals surface area contributed by atoms with Gasteiger partial charge >= 0.3 is 0 Å². The van der Waals surface area contributed by atoms with Gasteiger partial charge < -0.3 is 5.32 Å². The van der Waals surface area contributed by atoms with Crippen LogP contribution in [0.2, 0.25) is 0 Å². The lowest BCUT2D eigenvalue weighted by Gasteiger charge is -2.28. The summed E-state index contributed by atoms with van der Waals surface area (Å²) in [7, 11) is -3.81. The Morgan fingerprint density at radius 1 is 1.38 bits per heavy atom. The molecule has 1 N–H and O–H groups in total. The summed E-state index contributed by atoms with van der Waals surface area (Å²) in [6, 6.07) is 4.18. The first-order chi connectivity index (χ1) is 11.8. The Bertz CT molecular complexity index is 759. The third kappa shape index (κ3) is 6.83. The molecule has 0 aromatic heterocycles. The molecule has 0 fully saturated rings. The fraction of sp³-hybridized carbons (Fsp3) is 0.562. The molecule has 0 heterocycles. The second-order valence-electron chi connectivity index (χ2n) is 6.76. The molecule has 0 unspecified atom stereocenters. The number of rotatable bonds is 8. The predicted molar refractivity (Wildman–Crippen MR) is 105 cm³/mol. The van der Waals surface area contributed by atoms with E-state index in [-0.39, 0.29) is 16.1 Å². The molecular weight excluding hydrogens is 378 g/mol. The van der Waals surface area contributed by atoms with E-state index in [1.807, 2.05) is 0 Å². The van der Waals surface area contributed by atoms with Crippen LogP contribution in [0.25, 0.3) is 0 Å². The van der Waals surface area contributed by atoms with Gasteiger partial charge in [0.05, 0.1) is 16.9 Å². The van der Waals surface area contributed by atoms with Crippen LogP contribution in [0.1, 0.15) is 27.7 Å². The molecule has 8 nitrogen and oxygen atoms in total. The van der Waals surface area contributed by atoms with Crippen molar-refractivity contribution in [3.05, 3.63) is 34.4 Å². The monoisotopic (exact) mass is 403 g/mol. The average Bonchev–Trinajstić information content (AvgIpc) is 2.49. The first-order valence-electron chi connectivity index (χ1n) is 7.98. The minimum Gasteiger partial charge on any atom is -0.353 e. The lowest BCUT2D eigenvalue weighted by atomic mass is 10.2. The third-order valence-corrected chi connectivity index (χ3v) is 5.84. The topological polar surface area (TPSA) is 110 Å². The minimum atomic E-state index is -3.81. The summed E-state index contributed by atoms with van der Waals surface area (Å²) >= 11 is 1.68. The zero-order valence-electron chi connectivity index (χ0n) is 15.6. The van der Waals surface area contributed by atoms with Crippen molar-refractivity contribution in [2.75, 3.05) is 22.9 Å². The fourth-order valence-electron chi connectivity index (χ4n) is 2.23. The summed E-state index contributed by atoms with van der Waals surface area (Å²) in [5.74, 6) is 0.230. The van der Waals surface area contributed by atoms with Gasteiger partial charge in [0.1, 0.15) is 6.04 Å². The maximum absolute atomic E-state index is 12.4. The van der Waals surface area contributed by atoms with Gasteiger partial charge in [-0.1, -0.05) is 26.8 Å². The number of carbonyl (C=O) groups excluding carboxylic acids is 1. The van der Waals surface area contributed by atoms with Crippen molar-refractivity contribution in [1.29, 1.82) is 0 Å². The number of nitro benzene ring substituents is 1. The molecule has 26 heavy (non-hydrogen) atoms. The van der Waals surface area contributed by atoms with Gasteiger partial charge in [0, 0.05) is 29.2 Å². The van der Waals surface area contributed by atoms with E-state index < -0.39 is 26.9 Å². The molecule has 0 bridgehead atoms. The standard InChI is InChI=1S/C16H25N3O5S2/c1-12(15(20)17-9-10-25-16(2,3)4)18(26(5,23)24)13-7-6-8-14(11-13)19(21)22/h6-8,11-12H,9-10H2,1-5H3,(H,17,20)/t12-/m1/s1. The fourth-order valence-corrected chi connectivity index (χ4v) is 4.21. The first-order valence-corrected chi connectivity index (χ1v) is 10.8. The first kappa shape index (κ1) is 22.2.